The second-order valence-electron chi connectivity index (χ2n) is 8.07. The normalized spacial score (nSPS) is 16.5. The van der Waals surface area contributed by atoms with Gasteiger partial charge in [0.2, 0.25) is 0 Å². The number of rotatable bonds is 3. The molecule has 0 bridgehead atoms. The van der Waals surface area contributed by atoms with Crippen molar-refractivity contribution in [1.82, 2.24) is 20.8 Å². The number of benzene rings is 1. The number of thioether (sulfide) groups is 1. The Kier molecular flexibility index (Phi) is 5.62. The standard InChI is InChI=1S/C25H22N6O2S/c1-14-12-19-20(13-15(14)2)34-25-28-16(3)21(22(31(19)25)18-6-4-5-9-27-18)24(33)30-29-23(32)17-7-10-26-11-8-17/h4-13,22H,1-3H3,(H,29,32)(H,30,33). The summed E-state index contributed by atoms with van der Waals surface area (Å²) >= 11 is 1.58. The molecular formula is C25H22N6O2S. The van der Waals surface area contributed by atoms with Gasteiger partial charge in [0.1, 0.15) is 6.04 Å². The predicted molar refractivity (Wildman–Crippen MR) is 131 cm³/mol. The molecule has 2 aromatic heterocycles. The summed E-state index contributed by atoms with van der Waals surface area (Å²) in [5.74, 6) is -0.878. The second-order valence-corrected chi connectivity index (χ2v) is 9.08. The largest absolute Gasteiger partial charge is 0.306 e. The third-order valence-corrected chi connectivity index (χ3v) is 6.89. The van der Waals surface area contributed by atoms with Gasteiger partial charge in [0.15, 0.2) is 5.17 Å². The Bertz CT molecular complexity index is 1350. The summed E-state index contributed by atoms with van der Waals surface area (Å²) in [6.45, 7) is 5.96. The zero-order chi connectivity index (χ0) is 23.8. The lowest BCUT2D eigenvalue weighted by molar-refractivity contribution is -0.118. The molecule has 9 heteroatoms. The molecule has 1 aromatic carbocycles. The fourth-order valence-electron chi connectivity index (χ4n) is 4.01. The van der Waals surface area contributed by atoms with Crippen LogP contribution in [0, 0.1) is 13.8 Å². The van der Waals surface area contributed by atoms with Crippen molar-refractivity contribution in [2.24, 2.45) is 4.99 Å². The van der Waals surface area contributed by atoms with E-state index >= 15 is 0 Å². The third-order valence-electron chi connectivity index (χ3n) is 5.87. The summed E-state index contributed by atoms with van der Waals surface area (Å²) in [6.07, 6.45) is 4.75. The Hall–Kier alpha value is -3.98. The summed E-state index contributed by atoms with van der Waals surface area (Å²) < 4.78 is 0. The third kappa shape index (κ3) is 3.84. The number of fused-ring (bicyclic) bond motifs is 3. The molecule has 0 saturated carbocycles. The van der Waals surface area contributed by atoms with Gasteiger partial charge in [-0.15, -0.1) is 0 Å². The van der Waals surface area contributed by atoms with Crippen LogP contribution < -0.4 is 15.8 Å². The molecule has 0 aliphatic carbocycles. The maximum absolute atomic E-state index is 13.4. The number of carbonyl (C=O) groups excluding carboxylic acids is 2. The van der Waals surface area contributed by atoms with Crippen molar-refractivity contribution in [1.29, 1.82) is 0 Å². The molecule has 8 nitrogen and oxygen atoms in total. The lowest BCUT2D eigenvalue weighted by Crippen LogP contribution is -2.46. The molecule has 0 radical (unpaired) electrons. The maximum atomic E-state index is 13.4. The summed E-state index contributed by atoms with van der Waals surface area (Å²) in [7, 11) is 0. The van der Waals surface area contributed by atoms with Gasteiger partial charge in [-0.05, 0) is 80.1 Å². The van der Waals surface area contributed by atoms with Crippen molar-refractivity contribution in [3.05, 3.63) is 94.7 Å². The van der Waals surface area contributed by atoms with Crippen LogP contribution in [0.25, 0.3) is 0 Å². The summed E-state index contributed by atoms with van der Waals surface area (Å²) in [5.41, 5.74) is 10.5. The molecule has 2 N–H and O–H groups in total. The highest BCUT2D eigenvalue weighted by molar-refractivity contribution is 8.14. The number of aliphatic imine (C=N–C) groups is 1. The van der Waals surface area contributed by atoms with E-state index in [1.54, 1.807) is 37.0 Å². The molecule has 2 aliphatic heterocycles. The van der Waals surface area contributed by atoms with Crippen LogP contribution in [0.3, 0.4) is 0 Å². The first-order chi connectivity index (χ1) is 16.4. The van der Waals surface area contributed by atoms with Crippen molar-refractivity contribution >= 4 is 34.4 Å². The fourth-order valence-corrected chi connectivity index (χ4v) is 5.19. The number of hydrazine groups is 1. The van der Waals surface area contributed by atoms with E-state index in [0.717, 1.165) is 21.3 Å². The van der Waals surface area contributed by atoms with Crippen LogP contribution in [0.1, 0.15) is 40.1 Å². The van der Waals surface area contributed by atoms with Crippen LogP contribution >= 0.6 is 11.8 Å². The predicted octanol–water partition coefficient (Wildman–Crippen LogP) is 3.85. The van der Waals surface area contributed by atoms with E-state index in [0.29, 0.717) is 22.5 Å². The monoisotopic (exact) mass is 470 g/mol. The smallest absolute Gasteiger partial charge is 0.269 e. The number of amides is 2. The first-order valence-corrected chi connectivity index (χ1v) is 11.5. The molecule has 0 spiro atoms. The number of hydrogen-bond acceptors (Lipinski definition) is 7. The van der Waals surface area contributed by atoms with E-state index < -0.39 is 17.9 Å². The molecule has 2 amide bonds. The first-order valence-electron chi connectivity index (χ1n) is 10.7. The molecule has 170 valence electrons. The summed E-state index contributed by atoms with van der Waals surface area (Å²) in [5, 5.41) is 0.797. The molecule has 34 heavy (non-hydrogen) atoms. The molecule has 2 aliphatic rings. The zero-order valence-electron chi connectivity index (χ0n) is 18.9. The molecule has 0 fully saturated rings. The number of nitrogens with one attached hydrogen (secondary N) is 2. The number of aromatic nitrogens is 2. The van der Waals surface area contributed by atoms with Gasteiger partial charge >= 0.3 is 0 Å². The number of pyridine rings is 2. The Morgan fingerprint density at radius 2 is 1.68 bits per heavy atom. The Labute approximate surface area is 201 Å². The van der Waals surface area contributed by atoms with Crippen LogP contribution in [-0.2, 0) is 4.79 Å². The number of allylic oxidation sites excluding steroid dienone is 1. The van der Waals surface area contributed by atoms with Crippen LogP contribution in [0.2, 0.25) is 0 Å². The molecule has 4 heterocycles. The lowest BCUT2D eigenvalue weighted by Gasteiger charge is -2.34. The Morgan fingerprint density at radius 1 is 0.941 bits per heavy atom. The number of aryl methyl sites for hydroxylation is 2. The van der Waals surface area contributed by atoms with Crippen LogP contribution in [0.5, 0.6) is 0 Å². The minimum atomic E-state index is -0.498. The Balaban J connectivity index is 1.52. The van der Waals surface area contributed by atoms with Gasteiger partial charge in [-0.2, -0.15) is 0 Å². The first kappa shape index (κ1) is 21.8. The van der Waals surface area contributed by atoms with Crippen molar-refractivity contribution in [2.75, 3.05) is 4.90 Å². The highest BCUT2D eigenvalue weighted by atomic mass is 32.2. The Morgan fingerprint density at radius 3 is 2.41 bits per heavy atom. The number of amidine groups is 1. The van der Waals surface area contributed by atoms with E-state index in [9.17, 15) is 9.59 Å². The van der Waals surface area contributed by atoms with Crippen LogP contribution in [0.4, 0.5) is 5.69 Å². The zero-order valence-corrected chi connectivity index (χ0v) is 19.7. The van der Waals surface area contributed by atoms with E-state index in [1.807, 2.05) is 18.2 Å². The highest BCUT2D eigenvalue weighted by Crippen LogP contribution is 2.50. The number of nitrogens with zero attached hydrogens (tertiary/aromatic N) is 4. The topological polar surface area (TPSA) is 99.6 Å². The van der Waals surface area contributed by atoms with Gasteiger partial charge in [-0.1, -0.05) is 6.07 Å². The van der Waals surface area contributed by atoms with Crippen molar-refractivity contribution in [3.8, 4) is 0 Å². The van der Waals surface area contributed by atoms with E-state index in [2.05, 4.69) is 51.7 Å². The molecule has 1 atom stereocenters. The van der Waals surface area contributed by atoms with Gasteiger partial charge in [0.05, 0.1) is 22.7 Å². The van der Waals surface area contributed by atoms with E-state index in [-0.39, 0.29) is 0 Å². The molecule has 0 saturated heterocycles. The highest BCUT2D eigenvalue weighted by Gasteiger charge is 2.42. The maximum Gasteiger partial charge on any atom is 0.269 e. The van der Waals surface area contributed by atoms with E-state index in [1.165, 1.54) is 18.0 Å². The second kappa shape index (κ2) is 8.75. The van der Waals surface area contributed by atoms with Gasteiger partial charge in [-0.25, -0.2) is 4.99 Å². The fraction of sp³-hybridized carbons (Fsp3) is 0.160. The van der Waals surface area contributed by atoms with Gasteiger partial charge in [-0.3, -0.25) is 30.4 Å². The SMILES string of the molecule is CC1=C(C(=O)NNC(=O)c2ccncc2)C(c2ccccn2)N2C(=N1)Sc1cc(C)c(C)cc12. The molecule has 3 aromatic rings. The van der Waals surface area contributed by atoms with Gasteiger partial charge in [0, 0.05) is 29.0 Å². The average molecular weight is 471 g/mol. The summed E-state index contributed by atoms with van der Waals surface area (Å²) in [4.78, 5) is 42.3. The van der Waals surface area contributed by atoms with Gasteiger partial charge in [0.25, 0.3) is 11.8 Å². The number of carbonyl (C=O) groups is 2. The minimum absolute atomic E-state index is 0.391. The van der Waals surface area contributed by atoms with Crippen LogP contribution in [0.15, 0.2) is 82.2 Å². The minimum Gasteiger partial charge on any atom is -0.306 e. The number of anilines is 1. The number of hydrogen-bond donors (Lipinski definition) is 2. The molecule has 5 rings (SSSR count). The quantitative estimate of drug-likeness (QED) is 0.564. The van der Waals surface area contributed by atoms with E-state index in [4.69, 9.17) is 4.99 Å². The van der Waals surface area contributed by atoms with Crippen LogP contribution in [-0.4, -0.2) is 26.9 Å². The van der Waals surface area contributed by atoms with Crippen molar-refractivity contribution in [3.63, 3.8) is 0 Å². The summed E-state index contributed by atoms with van der Waals surface area (Å²) in [6, 6.07) is 12.6. The molecular weight excluding hydrogens is 448 g/mol. The van der Waals surface area contributed by atoms with Crippen molar-refractivity contribution < 1.29 is 9.59 Å². The molecule has 1 unspecified atom stereocenters. The lowest BCUT2D eigenvalue weighted by atomic mass is 9.96. The average Bonchev–Trinajstić information content (AvgIpc) is 3.19. The van der Waals surface area contributed by atoms with Crippen molar-refractivity contribution in [2.45, 2.75) is 31.7 Å². The van der Waals surface area contributed by atoms with Gasteiger partial charge < -0.3 is 4.90 Å².